The number of nitrogens with one attached hydrogen (secondary N) is 3. The minimum absolute atomic E-state index is 0.322. The number of hydrogen-bond donors (Lipinski definition) is 3. The summed E-state index contributed by atoms with van der Waals surface area (Å²) >= 11 is 1.37. The molecule has 5 nitrogen and oxygen atoms in total. The van der Waals surface area contributed by atoms with Gasteiger partial charge in [-0.1, -0.05) is 30.3 Å². The molecule has 3 N–H and O–H groups in total. The molecule has 0 radical (unpaired) electrons. The fraction of sp³-hybridized carbons (Fsp3) is 0. The van der Waals surface area contributed by atoms with Crippen LogP contribution in [0.3, 0.4) is 0 Å². The maximum atomic E-state index is 12.0. The van der Waals surface area contributed by atoms with Gasteiger partial charge in [0.25, 0.3) is 0 Å². The average Bonchev–Trinajstić information content (AvgIpc) is 3.03. The largest absolute Gasteiger partial charge is 0.354 e. The summed E-state index contributed by atoms with van der Waals surface area (Å²) in [6.07, 6.45) is 1.64. The molecule has 1 aromatic heterocycles. The summed E-state index contributed by atoms with van der Waals surface area (Å²) in [7, 11) is 0. The molecule has 0 atom stereocenters. The third kappa shape index (κ3) is 3.62. The zero-order valence-corrected chi connectivity index (χ0v) is 12.4. The molecule has 2 amide bonds. The maximum absolute atomic E-state index is 12.0. The van der Waals surface area contributed by atoms with Crippen molar-refractivity contribution in [2.45, 2.75) is 0 Å². The fourth-order valence-electron chi connectivity index (χ4n) is 1.91. The molecule has 0 saturated carbocycles. The molecule has 3 aromatic rings. The Morgan fingerprint density at radius 3 is 2.36 bits per heavy atom. The van der Waals surface area contributed by atoms with E-state index in [0.29, 0.717) is 10.8 Å². The number of amides is 2. The number of nitrogens with zero attached hydrogens (tertiary/aromatic N) is 1. The highest BCUT2D eigenvalue weighted by molar-refractivity contribution is 7.13. The zero-order valence-electron chi connectivity index (χ0n) is 11.6. The number of anilines is 4. The average molecular weight is 310 g/mol. The topological polar surface area (TPSA) is 66.0 Å². The number of aromatic nitrogens is 1. The molecule has 110 valence electrons. The van der Waals surface area contributed by atoms with Crippen molar-refractivity contribution in [1.29, 1.82) is 0 Å². The van der Waals surface area contributed by atoms with Gasteiger partial charge in [-0.2, -0.15) is 0 Å². The summed E-state index contributed by atoms with van der Waals surface area (Å²) < 4.78 is 0. The lowest BCUT2D eigenvalue weighted by Gasteiger charge is -2.13. The molecular weight excluding hydrogens is 296 g/mol. The molecule has 22 heavy (non-hydrogen) atoms. The summed E-state index contributed by atoms with van der Waals surface area (Å²) in [6.45, 7) is 0. The van der Waals surface area contributed by atoms with Crippen LogP contribution in [0.15, 0.2) is 66.2 Å². The predicted molar refractivity (Wildman–Crippen MR) is 90.9 cm³/mol. The van der Waals surface area contributed by atoms with Gasteiger partial charge in [0.15, 0.2) is 5.13 Å². The van der Waals surface area contributed by atoms with E-state index in [1.54, 1.807) is 11.6 Å². The van der Waals surface area contributed by atoms with Gasteiger partial charge in [0, 0.05) is 17.3 Å². The normalized spacial score (nSPS) is 10.0. The quantitative estimate of drug-likeness (QED) is 0.663. The van der Waals surface area contributed by atoms with Crippen LogP contribution in [-0.2, 0) is 0 Å². The Morgan fingerprint density at radius 1 is 0.909 bits per heavy atom. The van der Waals surface area contributed by atoms with E-state index >= 15 is 0 Å². The Kier molecular flexibility index (Phi) is 4.31. The minimum Gasteiger partial charge on any atom is -0.354 e. The molecule has 0 bridgehead atoms. The third-order valence-corrected chi connectivity index (χ3v) is 3.57. The van der Waals surface area contributed by atoms with Crippen LogP contribution >= 0.6 is 11.3 Å². The molecule has 2 aromatic carbocycles. The molecule has 6 heteroatoms. The van der Waals surface area contributed by atoms with Crippen LogP contribution in [0.25, 0.3) is 0 Å². The van der Waals surface area contributed by atoms with Gasteiger partial charge in [0.05, 0.1) is 11.4 Å². The standard InChI is InChI=1S/C16H14N4OS/c21-15(20-16-17-10-11-22-16)19-14-9-5-4-8-13(14)18-12-6-2-1-3-7-12/h1-11,18H,(H2,17,19,20,21). The van der Waals surface area contributed by atoms with Gasteiger partial charge in [-0.05, 0) is 24.3 Å². The van der Waals surface area contributed by atoms with Crippen molar-refractivity contribution >= 4 is 39.6 Å². The van der Waals surface area contributed by atoms with Crippen LogP contribution in [0.2, 0.25) is 0 Å². The third-order valence-electron chi connectivity index (χ3n) is 2.88. The minimum atomic E-state index is -0.322. The number of carbonyl (C=O) groups excluding carboxylic acids is 1. The van der Waals surface area contributed by atoms with Gasteiger partial charge in [0.2, 0.25) is 0 Å². The predicted octanol–water partition coefficient (Wildman–Crippen LogP) is 4.53. The van der Waals surface area contributed by atoms with E-state index in [1.165, 1.54) is 11.3 Å². The summed E-state index contributed by atoms with van der Waals surface area (Å²) in [5.74, 6) is 0. The van der Waals surface area contributed by atoms with E-state index in [1.807, 2.05) is 54.6 Å². The van der Waals surface area contributed by atoms with Gasteiger partial charge < -0.3 is 10.6 Å². The molecule has 0 aliphatic heterocycles. The van der Waals surface area contributed by atoms with Crippen LogP contribution < -0.4 is 16.0 Å². The van der Waals surface area contributed by atoms with Gasteiger partial charge in [0.1, 0.15) is 0 Å². The lowest BCUT2D eigenvalue weighted by atomic mass is 10.2. The van der Waals surface area contributed by atoms with Crippen LogP contribution in [0.1, 0.15) is 0 Å². The second-order valence-electron chi connectivity index (χ2n) is 4.45. The van der Waals surface area contributed by atoms with Crippen LogP contribution in [0.5, 0.6) is 0 Å². The Bertz CT molecular complexity index is 744. The number of para-hydroxylation sites is 3. The first-order valence-electron chi connectivity index (χ1n) is 6.70. The Hall–Kier alpha value is -2.86. The smallest absolute Gasteiger partial charge is 0.325 e. The van der Waals surface area contributed by atoms with E-state index in [9.17, 15) is 4.79 Å². The van der Waals surface area contributed by atoms with Crippen molar-refractivity contribution in [2.24, 2.45) is 0 Å². The lowest BCUT2D eigenvalue weighted by Crippen LogP contribution is -2.19. The van der Waals surface area contributed by atoms with Crippen molar-refractivity contribution in [1.82, 2.24) is 4.98 Å². The van der Waals surface area contributed by atoms with Gasteiger partial charge in [-0.25, -0.2) is 9.78 Å². The lowest BCUT2D eigenvalue weighted by molar-refractivity contribution is 0.262. The van der Waals surface area contributed by atoms with E-state index in [-0.39, 0.29) is 6.03 Å². The van der Waals surface area contributed by atoms with Crippen LogP contribution in [-0.4, -0.2) is 11.0 Å². The molecular formula is C16H14N4OS. The number of carbonyl (C=O) groups is 1. The first-order valence-corrected chi connectivity index (χ1v) is 7.58. The second-order valence-corrected chi connectivity index (χ2v) is 5.35. The van der Waals surface area contributed by atoms with Gasteiger partial charge in [-0.3, -0.25) is 5.32 Å². The Labute approximate surface area is 132 Å². The summed E-state index contributed by atoms with van der Waals surface area (Å²) in [5.41, 5.74) is 2.47. The molecule has 1 heterocycles. The highest BCUT2D eigenvalue weighted by Crippen LogP contribution is 2.25. The Balaban J connectivity index is 1.72. The van der Waals surface area contributed by atoms with E-state index in [2.05, 4.69) is 20.9 Å². The molecule has 0 aliphatic rings. The SMILES string of the molecule is O=C(Nc1nccs1)Nc1ccccc1Nc1ccccc1. The number of thiazole rings is 1. The molecule has 0 unspecified atom stereocenters. The first kappa shape index (κ1) is 14.1. The van der Waals surface area contributed by atoms with E-state index < -0.39 is 0 Å². The molecule has 0 saturated heterocycles. The van der Waals surface area contributed by atoms with Crippen LogP contribution in [0.4, 0.5) is 27.0 Å². The van der Waals surface area contributed by atoms with Crippen molar-refractivity contribution in [3.63, 3.8) is 0 Å². The molecule has 0 aliphatic carbocycles. The highest BCUT2D eigenvalue weighted by atomic mass is 32.1. The molecule has 3 rings (SSSR count). The number of benzene rings is 2. The number of rotatable bonds is 4. The maximum Gasteiger partial charge on any atom is 0.325 e. The summed E-state index contributed by atoms with van der Waals surface area (Å²) in [6, 6.07) is 17.0. The summed E-state index contributed by atoms with van der Waals surface area (Å²) in [4.78, 5) is 16.0. The molecule has 0 fully saturated rings. The number of hydrogen-bond acceptors (Lipinski definition) is 4. The fourth-order valence-corrected chi connectivity index (χ4v) is 2.44. The van der Waals surface area contributed by atoms with Crippen molar-refractivity contribution in [2.75, 3.05) is 16.0 Å². The first-order chi connectivity index (χ1) is 10.8. The second kappa shape index (κ2) is 6.73. The van der Waals surface area contributed by atoms with Crippen LogP contribution in [0, 0.1) is 0 Å². The Morgan fingerprint density at radius 2 is 1.64 bits per heavy atom. The van der Waals surface area contributed by atoms with Crippen molar-refractivity contribution in [3.05, 3.63) is 66.2 Å². The zero-order chi connectivity index (χ0) is 15.2. The summed E-state index contributed by atoms with van der Waals surface area (Å²) in [5, 5.41) is 11.2. The highest BCUT2D eigenvalue weighted by Gasteiger charge is 2.07. The van der Waals surface area contributed by atoms with Gasteiger partial charge in [-0.15, -0.1) is 11.3 Å². The molecule has 0 spiro atoms. The number of urea groups is 1. The van der Waals surface area contributed by atoms with Gasteiger partial charge >= 0.3 is 6.03 Å². The van der Waals surface area contributed by atoms with Crippen molar-refractivity contribution < 1.29 is 4.79 Å². The van der Waals surface area contributed by atoms with E-state index in [0.717, 1.165) is 11.4 Å². The van der Waals surface area contributed by atoms with Crippen molar-refractivity contribution in [3.8, 4) is 0 Å². The monoisotopic (exact) mass is 310 g/mol. The van der Waals surface area contributed by atoms with E-state index in [4.69, 9.17) is 0 Å².